The van der Waals surface area contributed by atoms with Crippen molar-refractivity contribution in [3.05, 3.63) is 29.7 Å². The number of nitrogens with two attached hydrogens (primary N) is 1. The highest BCUT2D eigenvalue weighted by Gasteiger charge is 2.00. The second-order valence-corrected chi connectivity index (χ2v) is 4.65. The quantitative estimate of drug-likeness (QED) is 0.721. The van der Waals surface area contributed by atoms with E-state index in [1.165, 1.54) is 0 Å². The largest absolute Gasteiger partial charge is 0.370 e. The van der Waals surface area contributed by atoms with Crippen LogP contribution in [0.4, 0.5) is 0 Å². The van der Waals surface area contributed by atoms with Gasteiger partial charge in [0.1, 0.15) is 0 Å². The molecule has 1 amide bonds. The van der Waals surface area contributed by atoms with Gasteiger partial charge in [-0.2, -0.15) is 5.10 Å². The number of fused-ring (bicyclic) bond motifs is 1. The van der Waals surface area contributed by atoms with Gasteiger partial charge in [0.25, 0.3) is 0 Å². The summed E-state index contributed by atoms with van der Waals surface area (Å²) < 4.78 is 1.79. The Morgan fingerprint density at radius 3 is 3.11 bits per heavy atom. The van der Waals surface area contributed by atoms with Crippen molar-refractivity contribution in [2.75, 3.05) is 6.54 Å². The molecule has 0 aliphatic heterocycles. The van der Waals surface area contributed by atoms with Crippen LogP contribution in [0.5, 0.6) is 0 Å². The molecule has 0 radical (unpaired) electrons. The number of nitrogens with one attached hydrogen (secondary N) is 1. The van der Waals surface area contributed by atoms with E-state index in [2.05, 4.69) is 15.4 Å². The Bertz CT molecular complexity index is 563. The smallest absolute Gasteiger partial charge is 0.217 e. The molecule has 0 atom stereocenters. The topological polar surface area (TPSA) is 85.3 Å². The summed E-state index contributed by atoms with van der Waals surface area (Å²) in [6, 6.07) is 1.95. The Labute approximate surface area is 112 Å². The van der Waals surface area contributed by atoms with E-state index in [-0.39, 0.29) is 5.91 Å². The number of hydrogen-bond donors (Lipinski definition) is 2. The Kier molecular flexibility index (Phi) is 4.46. The maximum atomic E-state index is 10.6. The zero-order valence-corrected chi connectivity index (χ0v) is 11.1. The number of nitrogens with zero attached hydrogens (tertiary/aromatic N) is 3. The van der Waals surface area contributed by atoms with Gasteiger partial charge < -0.3 is 11.1 Å². The van der Waals surface area contributed by atoms with Gasteiger partial charge in [-0.05, 0) is 26.3 Å². The van der Waals surface area contributed by atoms with E-state index in [4.69, 9.17) is 5.73 Å². The molecule has 6 nitrogen and oxygen atoms in total. The van der Waals surface area contributed by atoms with E-state index in [0.29, 0.717) is 6.42 Å². The minimum absolute atomic E-state index is 0.233. The normalized spacial score (nSPS) is 11.0. The summed E-state index contributed by atoms with van der Waals surface area (Å²) in [6.45, 7) is 3.56. The highest BCUT2D eigenvalue weighted by molar-refractivity contribution is 5.73. The molecule has 0 aromatic carbocycles. The molecule has 6 heteroatoms. The van der Waals surface area contributed by atoms with Crippen molar-refractivity contribution in [1.29, 1.82) is 0 Å². The molecule has 19 heavy (non-hydrogen) atoms. The van der Waals surface area contributed by atoms with E-state index in [9.17, 15) is 4.79 Å². The van der Waals surface area contributed by atoms with Crippen LogP contribution in [0.25, 0.3) is 5.65 Å². The fourth-order valence-corrected chi connectivity index (χ4v) is 1.91. The van der Waals surface area contributed by atoms with E-state index in [0.717, 1.165) is 42.8 Å². The van der Waals surface area contributed by atoms with Gasteiger partial charge in [0.05, 0.1) is 5.69 Å². The number of aryl methyl sites for hydroxylation is 1. The first-order valence-corrected chi connectivity index (χ1v) is 6.45. The van der Waals surface area contributed by atoms with Crippen molar-refractivity contribution in [3.63, 3.8) is 0 Å². The third-order valence-electron chi connectivity index (χ3n) is 2.84. The lowest BCUT2D eigenvalue weighted by Crippen LogP contribution is -2.16. The molecule has 0 unspecified atom stereocenters. The number of amides is 1. The van der Waals surface area contributed by atoms with Crippen LogP contribution in [0.15, 0.2) is 18.5 Å². The first-order chi connectivity index (χ1) is 9.15. The average molecular weight is 261 g/mol. The Morgan fingerprint density at radius 2 is 2.32 bits per heavy atom. The first-order valence-electron chi connectivity index (χ1n) is 6.45. The third kappa shape index (κ3) is 4.03. The van der Waals surface area contributed by atoms with Crippen LogP contribution in [-0.2, 0) is 11.3 Å². The number of hydrogen-bond acceptors (Lipinski definition) is 4. The Morgan fingerprint density at radius 1 is 1.47 bits per heavy atom. The van der Waals surface area contributed by atoms with Crippen LogP contribution in [0.2, 0.25) is 0 Å². The van der Waals surface area contributed by atoms with Crippen LogP contribution >= 0.6 is 0 Å². The molecule has 0 bridgehead atoms. The molecule has 0 aliphatic carbocycles. The Hall–Kier alpha value is -1.95. The van der Waals surface area contributed by atoms with Gasteiger partial charge in [-0.3, -0.25) is 4.79 Å². The summed E-state index contributed by atoms with van der Waals surface area (Å²) in [5.74, 6) is -0.233. The van der Waals surface area contributed by atoms with E-state index >= 15 is 0 Å². The van der Waals surface area contributed by atoms with Crippen molar-refractivity contribution < 1.29 is 4.79 Å². The van der Waals surface area contributed by atoms with Crippen molar-refractivity contribution in [3.8, 4) is 0 Å². The fourth-order valence-electron chi connectivity index (χ4n) is 1.91. The first kappa shape index (κ1) is 13.5. The SMILES string of the molecule is Cc1cc2ncc(CNCCCCC(N)=O)cn2n1. The molecular formula is C13H19N5O. The molecule has 3 N–H and O–H groups in total. The number of rotatable bonds is 7. The zero-order chi connectivity index (χ0) is 13.7. The molecule has 102 valence electrons. The summed E-state index contributed by atoms with van der Waals surface area (Å²) in [6.07, 6.45) is 6.07. The predicted octanol–water partition coefficient (Wildman–Crippen LogP) is 0.783. The summed E-state index contributed by atoms with van der Waals surface area (Å²) in [5.41, 5.74) is 7.99. The zero-order valence-electron chi connectivity index (χ0n) is 11.1. The van der Waals surface area contributed by atoms with E-state index < -0.39 is 0 Å². The predicted molar refractivity (Wildman–Crippen MR) is 72.5 cm³/mol. The molecule has 0 aliphatic rings. The maximum Gasteiger partial charge on any atom is 0.217 e. The van der Waals surface area contributed by atoms with Gasteiger partial charge in [0.15, 0.2) is 5.65 Å². The molecule has 2 heterocycles. The van der Waals surface area contributed by atoms with Gasteiger partial charge in [-0.15, -0.1) is 0 Å². The second-order valence-electron chi connectivity index (χ2n) is 4.65. The molecule has 0 spiro atoms. The van der Waals surface area contributed by atoms with Gasteiger partial charge in [-0.1, -0.05) is 0 Å². The highest BCUT2D eigenvalue weighted by atomic mass is 16.1. The van der Waals surface area contributed by atoms with Crippen LogP contribution in [0.1, 0.15) is 30.5 Å². The van der Waals surface area contributed by atoms with Gasteiger partial charge in [0, 0.05) is 37.0 Å². The molecule has 2 aromatic rings. The van der Waals surface area contributed by atoms with Crippen LogP contribution in [0, 0.1) is 6.92 Å². The van der Waals surface area contributed by atoms with Crippen molar-refractivity contribution in [1.82, 2.24) is 19.9 Å². The number of unbranched alkanes of at least 4 members (excludes halogenated alkanes) is 1. The molecule has 0 fully saturated rings. The summed E-state index contributed by atoms with van der Waals surface area (Å²) in [5, 5.41) is 7.64. The number of carbonyl (C=O) groups is 1. The third-order valence-corrected chi connectivity index (χ3v) is 2.84. The lowest BCUT2D eigenvalue weighted by atomic mass is 10.2. The Balaban J connectivity index is 1.76. The van der Waals surface area contributed by atoms with E-state index in [1.54, 1.807) is 4.52 Å². The number of primary amides is 1. The number of aromatic nitrogens is 3. The number of carbonyl (C=O) groups excluding carboxylic acids is 1. The van der Waals surface area contributed by atoms with Crippen LogP contribution in [0.3, 0.4) is 0 Å². The van der Waals surface area contributed by atoms with Crippen molar-refractivity contribution >= 4 is 11.6 Å². The van der Waals surface area contributed by atoms with Crippen LogP contribution < -0.4 is 11.1 Å². The average Bonchev–Trinajstić information content (AvgIpc) is 2.72. The lowest BCUT2D eigenvalue weighted by Gasteiger charge is -2.04. The summed E-state index contributed by atoms with van der Waals surface area (Å²) >= 11 is 0. The lowest BCUT2D eigenvalue weighted by molar-refractivity contribution is -0.118. The highest BCUT2D eigenvalue weighted by Crippen LogP contribution is 2.04. The minimum Gasteiger partial charge on any atom is -0.370 e. The standard InChI is InChI=1S/C13H19N5O/c1-10-6-13-16-8-11(9-18(13)17-10)7-15-5-3-2-4-12(14)19/h6,8-9,15H,2-5,7H2,1H3,(H2,14,19). The van der Waals surface area contributed by atoms with Gasteiger partial charge in [0.2, 0.25) is 5.91 Å². The van der Waals surface area contributed by atoms with E-state index in [1.807, 2.05) is 25.4 Å². The minimum atomic E-state index is -0.233. The monoisotopic (exact) mass is 261 g/mol. The van der Waals surface area contributed by atoms with Crippen molar-refractivity contribution in [2.24, 2.45) is 5.73 Å². The molecule has 0 saturated heterocycles. The summed E-state index contributed by atoms with van der Waals surface area (Å²) in [4.78, 5) is 14.9. The van der Waals surface area contributed by atoms with Gasteiger partial charge in [-0.25, -0.2) is 9.50 Å². The fraction of sp³-hybridized carbons (Fsp3) is 0.462. The molecular weight excluding hydrogens is 242 g/mol. The summed E-state index contributed by atoms with van der Waals surface area (Å²) in [7, 11) is 0. The molecule has 2 rings (SSSR count). The maximum absolute atomic E-state index is 10.6. The second kappa shape index (κ2) is 6.29. The van der Waals surface area contributed by atoms with Gasteiger partial charge >= 0.3 is 0 Å². The molecule has 2 aromatic heterocycles. The van der Waals surface area contributed by atoms with Crippen molar-refractivity contribution in [2.45, 2.75) is 32.7 Å². The van der Waals surface area contributed by atoms with Crippen LogP contribution in [-0.4, -0.2) is 27.0 Å². The molecule has 0 saturated carbocycles.